The van der Waals surface area contributed by atoms with Crippen molar-refractivity contribution in [3.63, 3.8) is 0 Å². The van der Waals surface area contributed by atoms with E-state index in [4.69, 9.17) is 19.4 Å². The van der Waals surface area contributed by atoms with Crippen LogP contribution in [-0.2, 0) is 14.3 Å². The molecule has 0 bridgehead atoms. The van der Waals surface area contributed by atoms with Crippen LogP contribution in [-0.4, -0.2) is 77.4 Å². The first-order chi connectivity index (χ1) is 11.0. The standard InChI is InChI=1S/C10H12N4O5.C2H2O2/c15-1-4-6(16)7(17)10(19-4)14-3-13-5-8(14)11-2-12-9(5)18;3-1-2-4/h2-4,6-7,10,15-17H,1H2,(H,11,12,18);1-2H/t4-,6-,7-,10-;/m1./s1. The number of hydrogen-bond acceptors (Lipinski definition) is 10. The highest BCUT2D eigenvalue weighted by atomic mass is 16.6. The first-order valence-corrected chi connectivity index (χ1v) is 6.43. The topological polar surface area (TPSA) is 168 Å². The van der Waals surface area contributed by atoms with E-state index in [0.29, 0.717) is 0 Å². The maximum atomic E-state index is 9.92. The van der Waals surface area contributed by atoms with Crippen molar-refractivity contribution >= 4 is 23.7 Å². The molecule has 0 aromatic carbocycles. The van der Waals surface area contributed by atoms with Gasteiger partial charge in [0.25, 0.3) is 0 Å². The molecule has 0 amide bonds. The minimum atomic E-state index is -1.23. The van der Waals surface area contributed by atoms with Crippen molar-refractivity contribution in [1.29, 1.82) is 0 Å². The zero-order valence-electron chi connectivity index (χ0n) is 11.6. The molecule has 3 rings (SSSR count). The molecule has 1 saturated heterocycles. The molecule has 2 aromatic rings. The third-order valence-electron chi connectivity index (χ3n) is 3.19. The van der Waals surface area contributed by atoms with Crippen molar-refractivity contribution in [2.45, 2.75) is 24.5 Å². The maximum Gasteiger partial charge on any atom is 0.242 e. The molecule has 4 N–H and O–H groups in total. The third kappa shape index (κ3) is 3.17. The van der Waals surface area contributed by atoms with Gasteiger partial charge in [-0.1, -0.05) is 0 Å². The predicted octanol–water partition coefficient (Wildman–Crippen LogP) is -2.47. The number of ether oxygens (including phenoxy) is 1. The fraction of sp³-hybridized carbons (Fsp3) is 0.417. The lowest BCUT2D eigenvalue weighted by Gasteiger charge is -2.16. The van der Waals surface area contributed by atoms with Crippen LogP contribution in [0.5, 0.6) is 5.88 Å². The Labute approximate surface area is 128 Å². The molecule has 11 heteroatoms. The van der Waals surface area contributed by atoms with Gasteiger partial charge >= 0.3 is 0 Å². The molecule has 1 aliphatic rings. The Morgan fingerprint density at radius 2 is 1.87 bits per heavy atom. The number of hydrogen-bond donors (Lipinski definition) is 4. The van der Waals surface area contributed by atoms with Crippen molar-refractivity contribution in [2.75, 3.05) is 6.61 Å². The van der Waals surface area contributed by atoms with Crippen LogP contribution in [0.1, 0.15) is 6.23 Å². The van der Waals surface area contributed by atoms with E-state index in [1.54, 1.807) is 0 Å². The van der Waals surface area contributed by atoms with Crippen LogP contribution in [0.25, 0.3) is 11.2 Å². The Hall–Kier alpha value is -2.47. The van der Waals surface area contributed by atoms with Gasteiger partial charge in [0.15, 0.2) is 30.0 Å². The van der Waals surface area contributed by atoms with Gasteiger partial charge in [0.1, 0.15) is 24.6 Å². The zero-order valence-corrected chi connectivity index (χ0v) is 11.6. The first-order valence-electron chi connectivity index (χ1n) is 6.43. The molecule has 124 valence electrons. The number of fused-ring (bicyclic) bond motifs is 1. The van der Waals surface area contributed by atoms with Crippen molar-refractivity contribution in [1.82, 2.24) is 19.5 Å². The van der Waals surface area contributed by atoms with E-state index in [1.807, 2.05) is 0 Å². The monoisotopic (exact) mass is 326 g/mol. The molecule has 11 nitrogen and oxygen atoms in total. The molecule has 23 heavy (non-hydrogen) atoms. The number of rotatable bonds is 3. The molecule has 1 fully saturated rings. The smallest absolute Gasteiger partial charge is 0.242 e. The number of aromatic hydroxyl groups is 1. The lowest BCUT2D eigenvalue weighted by molar-refractivity contribution is -0.122. The summed E-state index contributed by atoms with van der Waals surface area (Å²) in [5.74, 6) is -0.282. The van der Waals surface area contributed by atoms with Gasteiger partial charge in [0.05, 0.1) is 12.9 Å². The molecule has 1 aliphatic heterocycles. The van der Waals surface area contributed by atoms with E-state index in [2.05, 4.69) is 15.0 Å². The summed E-state index contributed by atoms with van der Waals surface area (Å²) >= 11 is 0. The number of nitrogens with zero attached hydrogens (tertiary/aromatic N) is 4. The molecule has 0 saturated carbocycles. The highest BCUT2D eigenvalue weighted by Gasteiger charge is 2.43. The SMILES string of the molecule is O=CC=O.OC[C@H]1O[C@@H](n2cnc3c(O)ncnc32)[C@H](O)[C@@H]1O. The lowest BCUT2D eigenvalue weighted by atomic mass is 10.1. The highest BCUT2D eigenvalue weighted by molar-refractivity contribution is 6.09. The Morgan fingerprint density at radius 1 is 1.17 bits per heavy atom. The Bertz CT molecular complexity index is 685. The first kappa shape index (κ1) is 16.9. The van der Waals surface area contributed by atoms with Crippen LogP contribution in [0.2, 0.25) is 0 Å². The summed E-state index contributed by atoms with van der Waals surface area (Å²) in [5, 5.41) is 38.2. The number of aromatic nitrogens is 4. The molecule has 3 heterocycles. The van der Waals surface area contributed by atoms with Gasteiger partial charge in [0.2, 0.25) is 5.88 Å². The average molecular weight is 326 g/mol. The van der Waals surface area contributed by atoms with Gasteiger partial charge in [-0.2, -0.15) is 4.98 Å². The van der Waals surface area contributed by atoms with E-state index in [1.165, 1.54) is 10.9 Å². The van der Waals surface area contributed by atoms with Gasteiger partial charge in [-0.05, 0) is 0 Å². The molecular weight excluding hydrogens is 312 g/mol. The quantitative estimate of drug-likeness (QED) is 0.350. The summed E-state index contributed by atoms with van der Waals surface area (Å²) in [4.78, 5) is 29.1. The van der Waals surface area contributed by atoms with Crippen LogP contribution in [0, 0.1) is 0 Å². The van der Waals surface area contributed by atoms with Gasteiger partial charge in [-0.15, -0.1) is 0 Å². The van der Waals surface area contributed by atoms with E-state index in [-0.39, 0.29) is 29.6 Å². The number of carbonyl (C=O) groups excluding carboxylic acids is 2. The van der Waals surface area contributed by atoms with Gasteiger partial charge in [-0.3, -0.25) is 14.2 Å². The molecular formula is C12H14N4O7. The summed E-state index contributed by atoms with van der Waals surface area (Å²) in [7, 11) is 0. The van der Waals surface area contributed by atoms with E-state index in [9.17, 15) is 15.3 Å². The van der Waals surface area contributed by atoms with Crippen molar-refractivity contribution < 1.29 is 34.8 Å². The maximum absolute atomic E-state index is 9.92. The van der Waals surface area contributed by atoms with Crippen molar-refractivity contribution in [3.05, 3.63) is 12.7 Å². The number of imidazole rings is 1. The zero-order chi connectivity index (χ0) is 17.0. The predicted molar refractivity (Wildman–Crippen MR) is 72.1 cm³/mol. The molecule has 2 aromatic heterocycles. The van der Waals surface area contributed by atoms with Gasteiger partial charge in [-0.25, -0.2) is 9.97 Å². The second-order valence-corrected chi connectivity index (χ2v) is 4.52. The summed E-state index contributed by atoms with van der Waals surface area (Å²) in [5.41, 5.74) is 0.433. The van der Waals surface area contributed by atoms with Gasteiger partial charge < -0.3 is 25.2 Å². The van der Waals surface area contributed by atoms with Crippen LogP contribution >= 0.6 is 0 Å². The van der Waals surface area contributed by atoms with Crippen LogP contribution in [0.4, 0.5) is 0 Å². The lowest BCUT2D eigenvalue weighted by Crippen LogP contribution is -2.33. The minimum absolute atomic E-state index is 0.167. The fourth-order valence-electron chi connectivity index (χ4n) is 2.14. The number of aldehydes is 2. The molecule has 0 radical (unpaired) electrons. The number of aliphatic hydroxyl groups excluding tert-OH is 3. The molecule has 0 unspecified atom stereocenters. The minimum Gasteiger partial charge on any atom is -0.492 e. The Balaban J connectivity index is 0.000000433. The largest absolute Gasteiger partial charge is 0.492 e. The van der Waals surface area contributed by atoms with E-state index >= 15 is 0 Å². The van der Waals surface area contributed by atoms with Crippen molar-refractivity contribution in [2.24, 2.45) is 0 Å². The van der Waals surface area contributed by atoms with E-state index in [0.717, 1.165) is 6.33 Å². The van der Waals surface area contributed by atoms with Crippen LogP contribution < -0.4 is 0 Å². The Morgan fingerprint density at radius 3 is 2.43 bits per heavy atom. The third-order valence-corrected chi connectivity index (χ3v) is 3.19. The molecule has 4 atom stereocenters. The summed E-state index contributed by atoms with van der Waals surface area (Å²) in [6.07, 6.45) is -1.40. The average Bonchev–Trinajstić information content (AvgIpc) is 3.11. The van der Waals surface area contributed by atoms with Crippen LogP contribution in [0.3, 0.4) is 0 Å². The number of aliphatic hydroxyl groups is 3. The van der Waals surface area contributed by atoms with E-state index < -0.39 is 31.1 Å². The molecule has 0 spiro atoms. The molecule has 0 aliphatic carbocycles. The number of carbonyl (C=O) groups is 2. The highest BCUT2D eigenvalue weighted by Crippen LogP contribution is 2.32. The van der Waals surface area contributed by atoms with Gasteiger partial charge in [0, 0.05) is 0 Å². The second-order valence-electron chi connectivity index (χ2n) is 4.52. The second kappa shape index (κ2) is 7.19. The fourth-order valence-corrected chi connectivity index (χ4v) is 2.14. The van der Waals surface area contributed by atoms with Crippen molar-refractivity contribution in [3.8, 4) is 5.88 Å². The van der Waals surface area contributed by atoms with Crippen LogP contribution in [0.15, 0.2) is 12.7 Å². The summed E-state index contributed by atoms with van der Waals surface area (Å²) < 4.78 is 6.73. The summed E-state index contributed by atoms with van der Waals surface area (Å²) in [6, 6.07) is 0. The summed E-state index contributed by atoms with van der Waals surface area (Å²) in [6.45, 7) is -0.415. The normalized spacial score (nSPS) is 26.6. The Kier molecular flexibility index (Phi) is 5.28.